The van der Waals surface area contributed by atoms with Crippen LogP contribution in [0.25, 0.3) is 5.69 Å². The molecule has 0 spiro atoms. The topological polar surface area (TPSA) is 67.2 Å². The summed E-state index contributed by atoms with van der Waals surface area (Å²) < 4.78 is 1.94. The van der Waals surface area contributed by atoms with Crippen molar-refractivity contribution >= 4 is 23.2 Å². The number of benzene rings is 1. The smallest absolute Gasteiger partial charge is 0.263 e. The number of nitrogens with one attached hydrogen (secondary N) is 1. The third kappa shape index (κ3) is 4.40. The fourth-order valence-corrected chi connectivity index (χ4v) is 4.35. The van der Waals surface area contributed by atoms with Crippen LogP contribution in [0.3, 0.4) is 0 Å². The van der Waals surface area contributed by atoms with Crippen molar-refractivity contribution in [3.8, 4) is 5.69 Å². The van der Waals surface area contributed by atoms with E-state index in [1.54, 1.807) is 12.5 Å². The van der Waals surface area contributed by atoms with Crippen LogP contribution in [0.15, 0.2) is 60.5 Å². The monoisotopic (exact) mass is 408 g/mol. The number of likely N-dealkylation sites (tertiary alicyclic amines) is 1. The van der Waals surface area contributed by atoms with Gasteiger partial charge in [0.1, 0.15) is 0 Å². The summed E-state index contributed by atoms with van der Waals surface area (Å²) in [6.45, 7) is 3.26. The molecular formula is C22H24N4O2S. The van der Waals surface area contributed by atoms with Crippen molar-refractivity contribution in [2.75, 3.05) is 13.1 Å². The third-order valence-corrected chi connectivity index (χ3v) is 6.30. The van der Waals surface area contributed by atoms with E-state index < -0.39 is 0 Å². The minimum absolute atomic E-state index is 0.0462. The molecule has 1 aromatic carbocycles. The second-order valence-corrected chi connectivity index (χ2v) is 8.28. The second kappa shape index (κ2) is 8.61. The highest BCUT2D eigenvalue weighted by atomic mass is 32.1. The molecule has 29 heavy (non-hydrogen) atoms. The summed E-state index contributed by atoms with van der Waals surface area (Å²) in [5.74, 6) is 0.0969. The maximum atomic E-state index is 12.7. The molecule has 1 aliphatic heterocycles. The van der Waals surface area contributed by atoms with E-state index >= 15 is 0 Å². The lowest BCUT2D eigenvalue weighted by Gasteiger charge is -2.31. The first-order valence-electron chi connectivity index (χ1n) is 9.83. The Morgan fingerprint density at radius 3 is 2.55 bits per heavy atom. The van der Waals surface area contributed by atoms with Gasteiger partial charge in [0, 0.05) is 37.1 Å². The molecule has 3 heterocycles. The zero-order valence-corrected chi connectivity index (χ0v) is 17.1. The summed E-state index contributed by atoms with van der Waals surface area (Å²) in [5.41, 5.74) is 2.10. The standard InChI is InChI=1S/C22H24N4O2S/c1-16(17-4-6-19(7-5-17)26-13-10-23-15-26)24-21(27)18-8-11-25(12-9-18)22(28)20-3-2-14-29-20/h2-7,10,13-16,18H,8-9,11-12H2,1H3,(H,24,27)/t16-/m0/s1. The van der Waals surface area contributed by atoms with Gasteiger partial charge in [0.05, 0.1) is 17.2 Å². The molecule has 0 unspecified atom stereocenters. The van der Waals surface area contributed by atoms with E-state index in [1.165, 1.54) is 11.3 Å². The van der Waals surface area contributed by atoms with E-state index in [9.17, 15) is 9.59 Å². The Bertz CT molecular complexity index is 943. The van der Waals surface area contributed by atoms with Gasteiger partial charge in [-0.05, 0) is 48.9 Å². The highest BCUT2D eigenvalue weighted by Gasteiger charge is 2.28. The van der Waals surface area contributed by atoms with Crippen LogP contribution in [0.4, 0.5) is 0 Å². The van der Waals surface area contributed by atoms with Crippen LogP contribution in [-0.2, 0) is 4.79 Å². The Kier molecular flexibility index (Phi) is 5.76. The van der Waals surface area contributed by atoms with Crippen molar-refractivity contribution in [2.45, 2.75) is 25.8 Å². The Morgan fingerprint density at radius 2 is 1.93 bits per heavy atom. The van der Waals surface area contributed by atoms with Gasteiger partial charge in [0.25, 0.3) is 5.91 Å². The van der Waals surface area contributed by atoms with Gasteiger partial charge in [-0.25, -0.2) is 4.98 Å². The lowest BCUT2D eigenvalue weighted by Crippen LogP contribution is -2.43. The quantitative estimate of drug-likeness (QED) is 0.701. The first kappa shape index (κ1) is 19.4. The van der Waals surface area contributed by atoms with Crippen molar-refractivity contribution in [1.29, 1.82) is 0 Å². The van der Waals surface area contributed by atoms with E-state index in [-0.39, 0.29) is 23.8 Å². The van der Waals surface area contributed by atoms with E-state index in [0.717, 1.165) is 16.1 Å². The van der Waals surface area contributed by atoms with Crippen LogP contribution in [0.1, 0.15) is 41.0 Å². The number of imidazole rings is 1. The predicted molar refractivity (Wildman–Crippen MR) is 113 cm³/mol. The summed E-state index contributed by atoms with van der Waals surface area (Å²) in [4.78, 5) is 31.8. The summed E-state index contributed by atoms with van der Waals surface area (Å²) >= 11 is 1.46. The number of hydrogen-bond donors (Lipinski definition) is 1. The molecule has 1 N–H and O–H groups in total. The SMILES string of the molecule is C[C@H](NC(=O)C1CCN(C(=O)c2cccs2)CC1)c1ccc(-n2ccnc2)cc1. The number of carbonyl (C=O) groups is 2. The maximum Gasteiger partial charge on any atom is 0.263 e. The van der Waals surface area contributed by atoms with Gasteiger partial charge in [0.2, 0.25) is 5.91 Å². The molecule has 0 aliphatic carbocycles. The number of piperidine rings is 1. The summed E-state index contributed by atoms with van der Waals surface area (Å²) in [6, 6.07) is 11.8. The zero-order valence-electron chi connectivity index (χ0n) is 16.3. The molecule has 0 saturated carbocycles. The van der Waals surface area contributed by atoms with Crippen molar-refractivity contribution in [2.24, 2.45) is 5.92 Å². The van der Waals surface area contributed by atoms with Crippen molar-refractivity contribution < 1.29 is 9.59 Å². The Balaban J connectivity index is 1.30. The van der Waals surface area contributed by atoms with Crippen molar-refractivity contribution in [3.63, 3.8) is 0 Å². The van der Waals surface area contributed by atoms with E-state index in [0.29, 0.717) is 25.9 Å². The van der Waals surface area contributed by atoms with Gasteiger partial charge < -0.3 is 14.8 Å². The van der Waals surface area contributed by atoms with Gasteiger partial charge in [0.15, 0.2) is 0 Å². The molecule has 1 aliphatic rings. The average molecular weight is 409 g/mol. The average Bonchev–Trinajstić information content (AvgIpc) is 3.47. The third-order valence-electron chi connectivity index (χ3n) is 5.44. The highest BCUT2D eigenvalue weighted by molar-refractivity contribution is 7.12. The number of amides is 2. The van der Waals surface area contributed by atoms with Crippen LogP contribution >= 0.6 is 11.3 Å². The van der Waals surface area contributed by atoms with E-state index in [1.807, 2.05) is 64.4 Å². The molecule has 3 aromatic rings. The van der Waals surface area contributed by atoms with Gasteiger partial charge in [-0.1, -0.05) is 18.2 Å². The van der Waals surface area contributed by atoms with Crippen molar-refractivity contribution in [1.82, 2.24) is 19.8 Å². The van der Waals surface area contributed by atoms with Crippen LogP contribution in [0.5, 0.6) is 0 Å². The highest BCUT2D eigenvalue weighted by Crippen LogP contribution is 2.22. The van der Waals surface area contributed by atoms with Crippen molar-refractivity contribution in [3.05, 3.63) is 70.9 Å². The molecule has 6 nitrogen and oxygen atoms in total. The molecule has 7 heteroatoms. The fraction of sp³-hybridized carbons (Fsp3) is 0.318. The van der Waals surface area contributed by atoms with Gasteiger partial charge in [-0.15, -0.1) is 11.3 Å². The Morgan fingerprint density at radius 1 is 1.17 bits per heavy atom. The molecule has 4 rings (SSSR count). The van der Waals surface area contributed by atoms with Crippen LogP contribution in [-0.4, -0.2) is 39.4 Å². The van der Waals surface area contributed by atoms with Gasteiger partial charge in [-0.2, -0.15) is 0 Å². The Hall–Kier alpha value is -2.93. The Labute approximate surface area is 174 Å². The fourth-order valence-electron chi connectivity index (χ4n) is 3.66. The summed E-state index contributed by atoms with van der Waals surface area (Å²) in [7, 11) is 0. The molecular weight excluding hydrogens is 384 g/mol. The molecule has 0 radical (unpaired) electrons. The summed E-state index contributed by atoms with van der Waals surface area (Å²) in [5, 5.41) is 5.05. The molecule has 2 amide bonds. The van der Waals surface area contributed by atoms with Crippen LogP contribution in [0, 0.1) is 5.92 Å². The lowest BCUT2D eigenvalue weighted by atomic mass is 9.95. The number of rotatable bonds is 5. The maximum absolute atomic E-state index is 12.7. The van der Waals surface area contributed by atoms with Gasteiger partial charge >= 0.3 is 0 Å². The molecule has 1 atom stereocenters. The van der Waals surface area contributed by atoms with E-state index in [4.69, 9.17) is 0 Å². The van der Waals surface area contributed by atoms with E-state index in [2.05, 4.69) is 10.3 Å². The second-order valence-electron chi connectivity index (χ2n) is 7.34. The molecule has 0 bridgehead atoms. The molecule has 150 valence electrons. The minimum atomic E-state index is -0.0647. The number of carbonyl (C=O) groups excluding carboxylic acids is 2. The van der Waals surface area contributed by atoms with Gasteiger partial charge in [-0.3, -0.25) is 9.59 Å². The largest absolute Gasteiger partial charge is 0.349 e. The summed E-state index contributed by atoms with van der Waals surface area (Å²) in [6.07, 6.45) is 6.81. The molecule has 2 aromatic heterocycles. The van der Waals surface area contributed by atoms with Crippen LogP contribution < -0.4 is 5.32 Å². The number of hydrogen-bond acceptors (Lipinski definition) is 4. The first-order valence-corrected chi connectivity index (χ1v) is 10.7. The predicted octanol–water partition coefficient (Wildman–Crippen LogP) is 3.66. The molecule has 1 fully saturated rings. The first-order chi connectivity index (χ1) is 14.1. The number of aromatic nitrogens is 2. The minimum Gasteiger partial charge on any atom is -0.349 e. The number of thiophene rings is 1. The molecule has 1 saturated heterocycles. The normalized spacial score (nSPS) is 15.8. The van der Waals surface area contributed by atoms with Crippen LogP contribution in [0.2, 0.25) is 0 Å². The number of nitrogens with zero attached hydrogens (tertiary/aromatic N) is 3. The lowest BCUT2D eigenvalue weighted by molar-refractivity contribution is -0.126. The zero-order chi connectivity index (χ0) is 20.2.